The molecule has 0 saturated heterocycles. The van der Waals surface area contributed by atoms with E-state index in [1.807, 2.05) is 25.1 Å². The molecule has 1 unspecified atom stereocenters. The van der Waals surface area contributed by atoms with Gasteiger partial charge in [-0.15, -0.1) is 0 Å². The van der Waals surface area contributed by atoms with Gasteiger partial charge >= 0.3 is 0 Å². The topological polar surface area (TPSA) is 21.3 Å². The quantitative estimate of drug-likeness (QED) is 0.841. The highest BCUT2D eigenvalue weighted by molar-refractivity contribution is 6.31. The Kier molecular flexibility index (Phi) is 4.56. The van der Waals surface area contributed by atoms with Crippen LogP contribution in [0.1, 0.15) is 29.7 Å². The van der Waals surface area contributed by atoms with E-state index in [1.165, 1.54) is 5.56 Å². The normalized spacial score (nSPS) is 12.1. The number of hydrogen-bond donors (Lipinski definition) is 1. The molecule has 0 aliphatic carbocycles. The molecule has 0 radical (unpaired) electrons. The number of methoxy groups -OCH3 is 1. The number of ether oxygens (including phenoxy) is 1. The predicted molar refractivity (Wildman–Crippen MR) is 86.0 cm³/mol. The van der Waals surface area contributed by atoms with Crippen LogP contribution in [0.15, 0.2) is 36.4 Å². The Morgan fingerprint density at radius 2 is 1.90 bits per heavy atom. The number of aryl methyl sites for hydroxylation is 1. The lowest BCUT2D eigenvalue weighted by molar-refractivity contribution is 0.407. The molecule has 2 rings (SSSR count). The van der Waals surface area contributed by atoms with E-state index in [0.717, 1.165) is 27.6 Å². The largest absolute Gasteiger partial charge is 0.496 e. The minimum absolute atomic E-state index is 0.141. The number of benzene rings is 2. The molecule has 0 fully saturated rings. The van der Waals surface area contributed by atoms with Gasteiger partial charge in [-0.2, -0.15) is 0 Å². The summed E-state index contributed by atoms with van der Waals surface area (Å²) in [5.41, 5.74) is 4.44. The van der Waals surface area contributed by atoms with E-state index in [2.05, 4.69) is 37.4 Å². The Balaban J connectivity index is 2.28. The van der Waals surface area contributed by atoms with Crippen LogP contribution in [0.5, 0.6) is 5.75 Å². The van der Waals surface area contributed by atoms with Crippen LogP contribution in [0, 0.1) is 13.8 Å². The van der Waals surface area contributed by atoms with Crippen molar-refractivity contribution in [3.63, 3.8) is 0 Å². The van der Waals surface area contributed by atoms with Crippen LogP contribution in [0.25, 0.3) is 0 Å². The van der Waals surface area contributed by atoms with Crippen LogP contribution in [-0.4, -0.2) is 7.11 Å². The summed E-state index contributed by atoms with van der Waals surface area (Å²) in [5, 5.41) is 4.27. The molecule has 0 amide bonds. The summed E-state index contributed by atoms with van der Waals surface area (Å²) in [7, 11) is 1.70. The molecule has 0 aromatic heterocycles. The van der Waals surface area contributed by atoms with Crippen LogP contribution in [0.3, 0.4) is 0 Å². The first-order valence-corrected chi connectivity index (χ1v) is 7.07. The third kappa shape index (κ3) is 3.07. The zero-order valence-corrected chi connectivity index (χ0v) is 13.1. The molecule has 0 bridgehead atoms. The van der Waals surface area contributed by atoms with E-state index in [9.17, 15) is 0 Å². The van der Waals surface area contributed by atoms with Crippen molar-refractivity contribution in [2.45, 2.75) is 26.8 Å². The van der Waals surface area contributed by atoms with Gasteiger partial charge in [-0.3, -0.25) is 0 Å². The van der Waals surface area contributed by atoms with Crippen molar-refractivity contribution < 1.29 is 4.74 Å². The molecule has 20 heavy (non-hydrogen) atoms. The van der Waals surface area contributed by atoms with Gasteiger partial charge in [-0.05, 0) is 50.1 Å². The summed E-state index contributed by atoms with van der Waals surface area (Å²) in [4.78, 5) is 0. The van der Waals surface area contributed by atoms with Gasteiger partial charge in [0.05, 0.1) is 13.2 Å². The highest BCUT2D eigenvalue weighted by Crippen LogP contribution is 2.31. The van der Waals surface area contributed by atoms with E-state index in [0.29, 0.717) is 0 Å². The maximum atomic E-state index is 6.16. The summed E-state index contributed by atoms with van der Waals surface area (Å²) in [6.45, 7) is 6.20. The summed E-state index contributed by atoms with van der Waals surface area (Å²) in [6.07, 6.45) is 0. The standard InChI is InChI=1S/C17H20ClNO/c1-11-8-9-14(17(10-11)20-4)13(3)19-16-7-5-6-15(18)12(16)2/h5-10,13,19H,1-4H3. The van der Waals surface area contributed by atoms with Crippen LogP contribution in [0.2, 0.25) is 5.02 Å². The Morgan fingerprint density at radius 3 is 2.60 bits per heavy atom. The van der Waals surface area contributed by atoms with Crippen molar-refractivity contribution in [2.75, 3.05) is 12.4 Å². The first-order chi connectivity index (χ1) is 9.52. The van der Waals surface area contributed by atoms with Gasteiger partial charge < -0.3 is 10.1 Å². The summed E-state index contributed by atoms with van der Waals surface area (Å²) in [5.74, 6) is 0.907. The molecular formula is C17H20ClNO. The zero-order chi connectivity index (χ0) is 14.7. The van der Waals surface area contributed by atoms with E-state index >= 15 is 0 Å². The van der Waals surface area contributed by atoms with Gasteiger partial charge in [0, 0.05) is 16.3 Å². The second-order valence-electron chi connectivity index (χ2n) is 5.02. The monoisotopic (exact) mass is 289 g/mol. The molecule has 0 heterocycles. The second-order valence-corrected chi connectivity index (χ2v) is 5.43. The SMILES string of the molecule is COc1cc(C)ccc1C(C)Nc1cccc(Cl)c1C. The first-order valence-electron chi connectivity index (χ1n) is 6.69. The number of hydrogen-bond acceptors (Lipinski definition) is 2. The average molecular weight is 290 g/mol. The van der Waals surface area contributed by atoms with Gasteiger partial charge in [0.2, 0.25) is 0 Å². The molecule has 0 aliphatic rings. The van der Waals surface area contributed by atoms with Crippen molar-refractivity contribution >= 4 is 17.3 Å². The highest BCUT2D eigenvalue weighted by atomic mass is 35.5. The number of halogens is 1. The number of nitrogens with one attached hydrogen (secondary N) is 1. The molecule has 2 aromatic carbocycles. The highest BCUT2D eigenvalue weighted by Gasteiger charge is 2.13. The third-order valence-electron chi connectivity index (χ3n) is 3.50. The molecular weight excluding hydrogens is 270 g/mol. The summed E-state index contributed by atoms with van der Waals surface area (Å²) < 4.78 is 5.47. The van der Waals surface area contributed by atoms with Gasteiger partial charge in [0.25, 0.3) is 0 Å². The van der Waals surface area contributed by atoms with Crippen LogP contribution < -0.4 is 10.1 Å². The summed E-state index contributed by atoms with van der Waals surface area (Å²) in [6, 6.07) is 12.3. The van der Waals surface area contributed by atoms with E-state index < -0.39 is 0 Å². The molecule has 3 heteroatoms. The smallest absolute Gasteiger partial charge is 0.124 e. The van der Waals surface area contributed by atoms with E-state index in [4.69, 9.17) is 16.3 Å². The fourth-order valence-electron chi connectivity index (χ4n) is 2.25. The maximum absolute atomic E-state index is 6.16. The van der Waals surface area contributed by atoms with Gasteiger partial charge in [-0.25, -0.2) is 0 Å². The maximum Gasteiger partial charge on any atom is 0.124 e. The molecule has 2 aromatic rings. The van der Waals surface area contributed by atoms with Crippen LogP contribution >= 0.6 is 11.6 Å². The molecule has 0 aliphatic heterocycles. The van der Waals surface area contributed by atoms with E-state index in [1.54, 1.807) is 7.11 Å². The lowest BCUT2D eigenvalue weighted by atomic mass is 10.0. The van der Waals surface area contributed by atoms with Gasteiger partial charge in [0.15, 0.2) is 0 Å². The third-order valence-corrected chi connectivity index (χ3v) is 3.90. The fourth-order valence-corrected chi connectivity index (χ4v) is 2.43. The van der Waals surface area contributed by atoms with Gasteiger partial charge in [0.1, 0.15) is 5.75 Å². The summed E-state index contributed by atoms with van der Waals surface area (Å²) >= 11 is 6.16. The molecule has 0 saturated carbocycles. The van der Waals surface area contributed by atoms with Crippen molar-refractivity contribution in [1.82, 2.24) is 0 Å². The zero-order valence-electron chi connectivity index (χ0n) is 12.3. The average Bonchev–Trinajstić information content (AvgIpc) is 2.43. The fraction of sp³-hybridized carbons (Fsp3) is 0.294. The minimum Gasteiger partial charge on any atom is -0.496 e. The van der Waals surface area contributed by atoms with Crippen molar-refractivity contribution in [3.05, 3.63) is 58.1 Å². The number of rotatable bonds is 4. The van der Waals surface area contributed by atoms with E-state index in [-0.39, 0.29) is 6.04 Å². The predicted octanol–water partition coefficient (Wildman–Crippen LogP) is 5.14. The lowest BCUT2D eigenvalue weighted by Gasteiger charge is -2.20. The molecule has 1 atom stereocenters. The second kappa shape index (κ2) is 6.19. The Labute approximate surface area is 125 Å². The van der Waals surface area contributed by atoms with Crippen molar-refractivity contribution in [1.29, 1.82) is 0 Å². The van der Waals surface area contributed by atoms with Crippen molar-refractivity contribution in [3.8, 4) is 5.75 Å². The van der Waals surface area contributed by atoms with Crippen LogP contribution in [0.4, 0.5) is 5.69 Å². The molecule has 2 nitrogen and oxygen atoms in total. The Bertz CT molecular complexity index is 610. The van der Waals surface area contributed by atoms with Crippen LogP contribution in [-0.2, 0) is 0 Å². The Morgan fingerprint density at radius 1 is 1.15 bits per heavy atom. The minimum atomic E-state index is 0.141. The lowest BCUT2D eigenvalue weighted by Crippen LogP contribution is -2.09. The molecule has 1 N–H and O–H groups in total. The first kappa shape index (κ1) is 14.7. The molecule has 106 valence electrons. The van der Waals surface area contributed by atoms with Crippen molar-refractivity contribution in [2.24, 2.45) is 0 Å². The Hall–Kier alpha value is -1.67. The van der Waals surface area contributed by atoms with Gasteiger partial charge in [-0.1, -0.05) is 29.8 Å². The molecule has 0 spiro atoms. The number of anilines is 1.